The number of aliphatic hydroxyl groups excluding tert-OH is 2. The Morgan fingerprint density at radius 3 is 2.28 bits per heavy atom. The van der Waals surface area contributed by atoms with E-state index in [0.717, 1.165) is 44.5 Å². The minimum Gasteiger partial charge on any atom is -0.396 e. The summed E-state index contributed by atoms with van der Waals surface area (Å²) in [7, 11) is 0. The number of nitrogens with two attached hydrogens (primary N) is 1. The molecule has 1 heterocycles. The van der Waals surface area contributed by atoms with Gasteiger partial charge in [0, 0.05) is 19.2 Å². The third kappa shape index (κ3) is 8.77. The number of nitrogens with zero attached hydrogens (tertiary/aromatic N) is 1. The maximum Gasteiger partial charge on any atom is 0.0588 e. The van der Waals surface area contributed by atoms with Crippen molar-refractivity contribution in [3.05, 3.63) is 0 Å². The first-order valence-corrected chi connectivity index (χ1v) is 7.09. The molecular weight excluding hydrogens is 250 g/mol. The summed E-state index contributed by atoms with van der Waals surface area (Å²) in [5, 5.41) is 21.1. The van der Waals surface area contributed by atoms with Gasteiger partial charge in [-0.05, 0) is 45.3 Å². The van der Waals surface area contributed by atoms with E-state index in [0.29, 0.717) is 6.04 Å². The van der Waals surface area contributed by atoms with Crippen LogP contribution in [0, 0.1) is 0 Å². The van der Waals surface area contributed by atoms with Crippen molar-refractivity contribution in [1.82, 2.24) is 10.2 Å². The summed E-state index contributed by atoms with van der Waals surface area (Å²) in [5.74, 6) is 0. The van der Waals surface area contributed by atoms with Crippen LogP contribution in [-0.2, 0) is 0 Å². The lowest BCUT2D eigenvalue weighted by molar-refractivity contribution is 0.123. The lowest BCUT2D eigenvalue weighted by Gasteiger charge is -2.34. The van der Waals surface area contributed by atoms with Crippen LogP contribution >= 0.6 is 12.2 Å². The number of nitrogens with one attached hydrogen (secondary N) is 1. The fourth-order valence-electron chi connectivity index (χ4n) is 2.20. The minimum absolute atomic E-state index is 0.239. The predicted molar refractivity (Wildman–Crippen MR) is 78.7 cm³/mol. The largest absolute Gasteiger partial charge is 0.396 e. The van der Waals surface area contributed by atoms with Crippen molar-refractivity contribution < 1.29 is 10.2 Å². The Balaban J connectivity index is 0.000000873. The van der Waals surface area contributed by atoms with Gasteiger partial charge in [0.25, 0.3) is 0 Å². The molecule has 1 aliphatic heterocycles. The standard InChI is InChI=1S/C11H24N2O2.CH3NS/c14-9-2-1-7-13(8-10-15)11-3-5-12-6-4-11;2-1-3/h11-12,14-15H,1-10H2;1H,(H2,2,3). The lowest BCUT2D eigenvalue weighted by Crippen LogP contribution is -2.44. The number of hydrogen-bond donors (Lipinski definition) is 4. The first kappa shape index (κ1) is 17.7. The van der Waals surface area contributed by atoms with Gasteiger partial charge in [0.1, 0.15) is 0 Å². The van der Waals surface area contributed by atoms with Crippen molar-refractivity contribution >= 4 is 17.7 Å². The van der Waals surface area contributed by atoms with Crippen LogP contribution in [0.3, 0.4) is 0 Å². The van der Waals surface area contributed by atoms with Gasteiger partial charge in [-0.1, -0.05) is 12.2 Å². The van der Waals surface area contributed by atoms with Gasteiger partial charge in [0.05, 0.1) is 12.1 Å². The third-order valence-electron chi connectivity index (χ3n) is 3.07. The van der Waals surface area contributed by atoms with Gasteiger partial charge in [0.15, 0.2) is 0 Å². The van der Waals surface area contributed by atoms with E-state index in [4.69, 9.17) is 10.2 Å². The number of thiocarbonyl (C=S) groups is 1. The fraction of sp³-hybridized carbons (Fsp3) is 0.917. The highest BCUT2D eigenvalue weighted by atomic mass is 32.1. The van der Waals surface area contributed by atoms with E-state index in [1.54, 1.807) is 0 Å². The maximum absolute atomic E-state index is 9.02. The van der Waals surface area contributed by atoms with E-state index in [1.165, 1.54) is 12.8 Å². The fourth-order valence-corrected chi connectivity index (χ4v) is 2.20. The zero-order valence-corrected chi connectivity index (χ0v) is 11.9. The Labute approximate surface area is 115 Å². The molecule has 1 rings (SSSR count). The van der Waals surface area contributed by atoms with Crippen LogP contribution in [0.2, 0.25) is 0 Å². The van der Waals surface area contributed by atoms with Crippen molar-refractivity contribution in [2.75, 3.05) is 39.4 Å². The van der Waals surface area contributed by atoms with Crippen LogP contribution < -0.4 is 11.1 Å². The molecular formula is C12H27N3O2S. The SMILES string of the molecule is NC=S.OCCCCN(CCO)C1CCNCC1. The van der Waals surface area contributed by atoms with E-state index in [2.05, 4.69) is 28.2 Å². The molecule has 0 radical (unpaired) electrons. The first-order valence-electron chi connectivity index (χ1n) is 6.62. The summed E-state index contributed by atoms with van der Waals surface area (Å²) in [5.41, 5.74) is 5.62. The van der Waals surface area contributed by atoms with Crippen molar-refractivity contribution in [1.29, 1.82) is 0 Å². The van der Waals surface area contributed by atoms with Crippen LogP contribution in [0.25, 0.3) is 0 Å². The molecule has 1 fully saturated rings. The van der Waals surface area contributed by atoms with Gasteiger partial charge < -0.3 is 21.3 Å². The second kappa shape index (κ2) is 13.2. The lowest BCUT2D eigenvalue weighted by atomic mass is 10.0. The maximum atomic E-state index is 9.02. The number of unbranched alkanes of at least 4 members (excludes halogenated alkanes) is 1. The van der Waals surface area contributed by atoms with Gasteiger partial charge in [-0.2, -0.15) is 0 Å². The summed E-state index contributed by atoms with van der Waals surface area (Å²) >= 11 is 4.05. The van der Waals surface area contributed by atoms with E-state index in [1.807, 2.05) is 0 Å². The quantitative estimate of drug-likeness (QED) is 0.378. The van der Waals surface area contributed by atoms with E-state index in [9.17, 15) is 0 Å². The molecule has 0 spiro atoms. The highest BCUT2D eigenvalue weighted by Crippen LogP contribution is 2.12. The Hall–Kier alpha value is -0.270. The van der Waals surface area contributed by atoms with E-state index >= 15 is 0 Å². The number of hydrogen-bond acceptors (Lipinski definition) is 5. The molecule has 6 heteroatoms. The molecule has 0 amide bonds. The number of aliphatic hydroxyl groups is 2. The predicted octanol–water partition coefficient (Wildman–Crippen LogP) is -0.292. The van der Waals surface area contributed by atoms with Gasteiger partial charge in [-0.15, -0.1) is 0 Å². The molecule has 5 nitrogen and oxygen atoms in total. The zero-order valence-electron chi connectivity index (χ0n) is 11.1. The summed E-state index contributed by atoms with van der Waals surface area (Å²) in [6.45, 7) is 4.48. The monoisotopic (exact) mass is 277 g/mol. The second-order valence-corrected chi connectivity index (χ2v) is 4.58. The average Bonchev–Trinajstić information content (AvgIpc) is 2.40. The molecule has 18 heavy (non-hydrogen) atoms. The number of piperidine rings is 1. The molecule has 0 unspecified atom stereocenters. The van der Waals surface area contributed by atoms with Crippen LogP contribution in [0.4, 0.5) is 0 Å². The van der Waals surface area contributed by atoms with Gasteiger partial charge in [-0.25, -0.2) is 0 Å². The minimum atomic E-state index is 0.239. The molecule has 5 N–H and O–H groups in total. The molecule has 0 atom stereocenters. The molecule has 0 aromatic carbocycles. The zero-order chi connectivity index (χ0) is 13.6. The Morgan fingerprint density at radius 1 is 1.17 bits per heavy atom. The molecule has 0 aromatic rings. The van der Waals surface area contributed by atoms with Crippen molar-refractivity contribution in [3.63, 3.8) is 0 Å². The molecule has 1 aliphatic rings. The summed E-state index contributed by atoms with van der Waals surface area (Å²) in [6.07, 6.45) is 4.26. The Bertz CT molecular complexity index is 190. The topological polar surface area (TPSA) is 81.8 Å². The van der Waals surface area contributed by atoms with Crippen LogP contribution in [0.1, 0.15) is 25.7 Å². The summed E-state index contributed by atoms with van der Waals surface area (Å²) < 4.78 is 0. The molecule has 1 saturated heterocycles. The first-order chi connectivity index (χ1) is 8.79. The summed E-state index contributed by atoms with van der Waals surface area (Å²) in [4.78, 5) is 2.37. The van der Waals surface area contributed by atoms with Crippen LogP contribution in [0.5, 0.6) is 0 Å². The third-order valence-corrected chi connectivity index (χ3v) is 3.07. The van der Waals surface area contributed by atoms with Gasteiger partial charge in [0.2, 0.25) is 0 Å². The van der Waals surface area contributed by atoms with Crippen LogP contribution in [0.15, 0.2) is 0 Å². The molecule has 108 valence electrons. The molecule has 0 saturated carbocycles. The van der Waals surface area contributed by atoms with Crippen molar-refractivity contribution in [3.8, 4) is 0 Å². The normalized spacial score (nSPS) is 16.2. The highest BCUT2D eigenvalue weighted by Gasteiger charge is 2.19. The van der Waals surface area contributed by atoms with E-state index < -0.39 is 0 Å². The second-order valence-electron chi connectivity index (χ2n) is 4.31. The van der Waals surface area contributed by atoms with Gasteiger partial charge >= 0.3 is 0 Å². The van der Waals surface area contributed by atoms with E-state index in [-0.39, 0.29) is 13.2 Å². The Kier molecular flexibility index (Phi) is 13.0. The molecule has 0 aliphatic carbocycles. The average molecular weight is 277 g/mol. The van der Waals surface area contributed by atoms with Gasteiger partial charge in [-0.3, -0.25) is 4.90 Å². The molecule has 0 bridgehead atoms. The molecule has 0 aromatic heterocycles. The van der Waals surface area contributed by atoms with Crippen molar-refractivity contribution in [2.45, 2.75) is 31.7 Å². The highest BCUT2D eigenvalue weighted by molar-refractivity contribution is 7.78. The van der Waals surface area contributed by atoms with Crippen LogP contribution in [-0.4, -0.2) is 66.0 Å². The number of rotatable bonds is 7. The Morgan fingerprint density at radius 2 is 1.78 bits per heavy atom. The van der Waals surface area contributed by atoms with Crippen molar-refractivity contribution in [2.24, 2.45) is 5.73 Å². The smallest absolute Gasteiger partial charge is 0.0588 e. The summed E-state index contributed by atoms with van der Waals surface area (Å²) in [6, 6.07) is 0.622.